The number of benzene rings is 2. The molecule has 3 amide bonds. The highest BCUT2D eigenvalue weighted by atomic mass is 35.5. The predicted molar refractivity (Wildman–Crippen MR) is 119 cm³/mol. The van der Waals surface area contributed by atoms with Crippen molar-refractivity contribution in [1.29, 1.82) is 0 Å². The van der Waals surface area contributed by atoms with Crippen LogP contribution in [0, 0.1) is 0 Å². The number of urea groups is 1. The molecule has 0 aliphatic carbocycles. The van der Waals surface area contributed by atoms with Gasteiger partial charge in [-0.3, -0.25) is 10.1 Å². The largest absolute Gasteiger partial charge is 0.507 e. The number of esters is 1. The fourth-order valence-electron chi connectivity index (χ4n) is 2.35. The van der Waals surface area contributed by atoms with Gasteiger partial charge in [-0.1, -0.05) is 23.2 Å². The van der Waals surface area contributed by atoms with Crippen LogP contribution in [0.2, 0.25) is 10.0 Å². The molecule has 3 aromatic rings. The van der Waals surface area contributed by atoms with E-state index in [0.29, 0.717) is 10.7 Å². The number of hydrogen-bond acceptors (Lipinski definition) is 7. The highest BCUT2D eigenvalue weighted by molar-refractivity contribution is 7.14. The Morgan fingerprint density at radius 1 is 1.00 bits per heavy atom. The van der Waals surface area contributed by atoms with Crippen molar-refractivity contribution in [3.8, 4) is 5.75 Å². The smallest absolute Gasteiger partial charge is 0.341 e. The molecule has 0 saturated heterocycles. The van der Waals surface area contributed by atoms with Gasteiger partial charge in [0, 0.05) is 16.8 Å². The lowest BCUT2D eigenvalue weighted by Gasteiger charge is -2.07. The van der Waals surface area contributed by atoms with Gasteiger partial charge in [0.05, 0.1) is 17.2 Å². The first-order chi connectivity index (χ1) is 14.8. The Labute approximate surface area is 190 Å². The molecule has 0 aliphatic heterocycles. The summed E-state index contributed by atoms with van der Waals surface area (Å²) in [7, 11) is 1.18. The maximum Gasteiger partial charge on any atom is 0.341 e. The van der Waals surface area contributed by atoms with E-state index in [1.54, 1.807) is 12.1 Å². The second-order valence-electron chi connectivity index (χ2n) is 5.92. The van der Waals surface area contributed by atoms with Gasteiger partial charge in [-0.15, -0.1) is 11.3 Å². The van der Waals surface area contributed by atoms with Gasteiger partial charge >= 0.3 is 12.0 Å². The van der Waals surface area contributed by atoms with Crippen LogP contribution in [0.4, 0.5) is 21.3 Å². The molecule has 9 nitrogen and oxygen atoms in total. The number of ether oxygens (including phenoxy) is 1. The maximum atomic E-state index is 12.4. The molecule has 160 valence electrons. The average Bonchev–Trinajstić information content (AvgIpc) is 3.20. The lowest BCUT2D eigenvalue weighted by atomic mass is 10.1. The molecular weight excluding hydrogens is 467 g/mol. The van der Waals surface area contributed by atoms with Crippen molar-refractivity contribution in [2.45, 2.75) is 0 Å². The Kier molecular flexibility index (Phi) is 6.95. The minimum absolute atomic E-state index is 0.0440. The third-order valence-electron chi connectivity index (χ3n) is 3.79. The normalized spacial score (nSPS) is 10.3. The number of carbonyl (C=O) groups is 3. The van der Waals surface area contributed by atoms with Gasteiger partial charge in [0.1, 0.15) is 17.0 Å². The molecule has 0 unspecified atom stereocenters. The first kappa shape index (κ1) is 22.3. The zero-order valence-corrected chi connectivity index (χ0v) is 18.1. The van der Waals surface area contributed by atoms with E-state index in [2.05, 4.69) is 25.7 Å². The van der Waals surface area contributed by atoms with E-state index >= 15 is 0 Å². The summed E-state index contributed by atoms with van der Waals surface area (Å²) in [5.74, 6) is -1.60. The molecule has 0 spiro atoms. The number of thiazole rings is 1. The third kappa shape index (κ3) is 5.63. The summed E-state index contributed by atoms with van der Waals surface area (Å²) in [6.07, 6.45) is 0. The van der Waals surface area contributed by atoms with Crippen molar-refractivity contribution < 1.29 is 24.2 Å². The van der Waals surface area contributed by atoms with Gasteiger partial charge in [0.15, 0.2) is 5.13 Å². The molecule has 0 bridgehead atoms. The van der Waals surface area contributed by atoms with Crippen LogP contribution in [0.3, 0.4) is 0 Å². The van der Waals surface area contributed by atoms with Crippen LogP contribution < -0.4 is 16.0 Å². The van der Waals surface area contributed by atoms with Crippen LogP contribution in [-0.2, 0) is 4.74 Å². The van der Waals surface area contributed by atoms with Gasteiger partial charge in [-0.25, -0.2) is 14.6 Å². The van der Waals surface area contributed by atoms with Gasteiger partial charge in [-0.2, -0.15) is 0 Å². The van der Waals surface area contributed by atoms with E-state index in [1.165, 1.54) is 36.8 Å². The molecule has 1 aromatic heterocycles. The summed E-state index contributed by atoms with van der Waals surface area (Å²) in [4.78, 5) is 40.2. The maximum absolute atomic E-state index is 12.4. The number of carbonyl (C=O) groups excluding carboxylic acids is 3. The Morgan fingerprint density at radius 3 is 2.42 bits per heavy atom. The van der Waals surface area contributed by atoms with Gasteiger partial charge in [0.25, 0.3) is 5.91 Å². The summed E-state index contributed by atoms with van der Waals surface area (Å²) in [6.45, 7) is 0. The number of phenols is 1. The van der Waals surface area contributed by atoms with E-state index in [1.807, 2.05) is 0 Å². The molecule has 3 rings (SSSR count). The first-order valence-corrected chi connectivity index (χ1v) is 10.1. The Morgan fingerprint density at radius 2 is 1.71 bits per heavy atom. The Balaban J connectivity index is 1.63. The quantitative estimate of drug-likeness (QED) is 0.305. The molecule has 0 aliphatic rings. The molecule has 0 saturated carbocycles. The SMILES string of the molecule is COC(=O)c1cc(NC(=O)c2csc(NC(=O)Nc3ccc(Cl)c(Cl)c3)n2)ccc1O. The fraction of sp³-hybridized carbons (Fsp3) is 0.0526. The minimum atomic E-state index is -0.748. The molecule has 12 heteroatoms. The van der Waals surface area contributed by atoms with E-state index < -0.39 is 17.9 Å². The van der Waals surface area contributed by atoms with E-state index in [0.717, 1.165) is 11.3 Å². The summed E-state index contributed by atoms with van der Waals surface area (Å²) >= 11 is 12.8. The van der Waals surface area contributed by atoms with Crippen molar-refractivity contribution in [1.82, 2.24) is 4.98 Å². The number of phenolic OH excluding ortho intramolecular Hbond substituents is 1. The van der Waals surface area contributed by atoms with Crippen LogP contribution in [0.25, 0.3) is 0 Å². The Hall–Kier alpha value is -3.34. The zero-order valence-electron chi connectivity index (χ0n) is 15.7. The van der Waals surface area contributed by atoms with Crippen LogP contribution in [-0.4, -0.2) is 35.1 Å². The summed E-state index contributed by atoms with van der Waals surface area (Å²) in [5.41, 5.74) is 0.626. The highest BCUT2D eigenvalue weighted by Crippen LogP contribution is 2.26. The van der Waals surface area contributed by atoms with Crippen molar-refractivity contribution in [2.24, 2.45) is 0 Å². The molecule has 31 heavy (non-hydrogen) atoms. The number of aromatic nitrogens is 1. The number of amides is 3. The zero-order chi connectivity index (χ0) is 22.5. The number of rotatable bonds is 5. The summed E-state index contributed by atoms with van der Waals surface area (Å²) < 4.78 is 4.57. The van der Waals surface area contributed by atoms with Gasteiger partial charge in [0.2, 0.25) is 0 Å². The Bertz CT molecular complexity index is 1170. The van der Waals surface area contributed by atoms with Crippen LogP contribution in [0.5, 0.6) is 5.75 Å². The van der Waals surface area contributed by atoms with Crippen molar-refractivity contribution in [3.63, 3.8) is 0 Å². The predicted octanol–water partition coefficient (Wildman–Crippen LogP) is 4.84. The topological polar surface area (TPSA) is 130 Å². The minimum Gasteiger partial charge on any atom is -0.507 e. The lowest BCUT2D eigenvalue weighted by Crippen LogP contribution is -2.19. The van der Waals surface area contributed by atoms with Crippen LogP contribution in [0.15, 0.2) is 41.8 Å². The molecule has 0 atom stereocenters. The van der Waals surface area contributed by atoms with E-state index in [-0.39, 0.29) is 32.8 Å². The third-order valence-corrected chi connectivity index (χ3v) is 5.29. The molecular formula is C19H14Cl2N4O5S. The summed E-state index contributed by atoms with van der Waals surface area (Å²) in [6, 6.07) is 7.97. The fourth-order valence-corrected chi connectivity index (χ4v) is 3.33. The van der Waals surface area contributed by atoms with E-state index in [9.17, 15) is 19.5 Å². The first-order valence-electron chi connectivity index (χ1n) is 8.48. The number of halogens is 2. The number of anilines is 3. The monoisotopic (exact) mass is 480 g/mol. The molecule has 1 heterocycles. The standard InChI is InChI=1S/C19H14Cl2N4O5S/c1-30-17(28)11-6-9(3-5-15(11)26)22-16(27)14-8-31-19(24-14)25-18(29)23-10-2-4-12(20)13(21)7-10/h2-8,26H,1H3,(H,22,27)(H2,23,24,25,29). The second-order valence-corrected chi connectivity index (χ2v) is 7.60. The summed E-state index contributed by atoms with van der Waals surface area (Å²) in [5, 5.41) is 19.6. The average molecular weight is 481 g/mol. The molecule has 0 fully saturated rings. The lowest BCUT2D eigenvalue weighted by molar-refractivity contribution is 0.0597. The second kappa shape index (κ2) is 9.65. The molecule has 4 N–H and O–H groups in total. The number of hydrogen-bond donors (Lipinski definition) is 4. The number of nitrogens with zero attached hydrogens (tertiary/aromatic N) is 1. The number of nitrogens with one attached hydrogen (secondary N) is 3. The van der Waals surface area contributed by atoms with Crippen molar-refractivity contribution in [3.05, 3.63) is 63.1 Å². The van der Waals surface area contributed by atoms with Gasteiger partial charge in [-0.05, 0) is 36.4 Å². The number of aromatic hydroxyl groups is 1. The molecule has 2 aromatic carbocycles. The van der Waals surface area contributed by atoms with Gasteiger partial charge < -0.3 is 20.5 Å². The highest BCUT2D eigenvalue weighted by Gasteiger charge is 2.16. The van der Waals surface area contributed by atoms with Crippen LogP contribution in [0.1, 0.15) is 20.8 Å². The van der Waals surface area contributed by atoms with Crippen molar-refractivity contribution >= 4 is 69.0 Å². The van der Waals surface area contributed by atoms with Crippen molar-refractivity contribution in [2.75, 3.05) is 23.1 Å². The van der Waals surface area contributed by atoms with Crippen LogP contribution >= 0.6 is 34.5 Å². The molecule has 0 radical (unpaired) electrons. The number of methoxy groups -OCH3 is 1. The van der Waals surface area contributed by atoms with E-state index in [4.69, 9.17) is 23.2 Å².